The number of likely N-dealkylation sites (tertiary alicyclic amines) is 1. The smallest absolute Gasteiger partial charge is 0.237 e. The highest BCUT2D eigenvalue weighted by molar-refractivity contribution is 5.87. The van der Waals surface area contributed by atoms with Crippen molar-refractivity contribution in [1.29, 1.82) is 0 Å². The van der Waals surface area contributed by atoms with E-state index < -0.39 is 6.04 Å². The summed E-state index contributed by atoms with van der Waals surface area (Å²) in [5.74, 6) is 0.0790. The van der Waals surface area contributed by atoms with Crippen LogP contribution in [0.2, 0.25) is 0 Å². The molecule has 0 aliphatic carbocycles. The maximum absolute atomic E-state index is 12.3. The fraction of sp³-hybridized carbons (Fsp3) is 0.474. The molecule has 1 aliphatic heterocycles. The molecule has 0 unspecified atom stereocenters. The minimum absolute atomic E-state index is 0.141. The Balaban J connectivity index is 1.49. The number of fused-ring (bicyclic) bond motifs is 1. The second-order valence-electron chi connectivity index (χ2n) is 6.71. The van der Waals surface area contributed by atoms with Gasteiger partial charge in [-0.15, -0.1) is 0 Å². The molecule has 134 valence electrons. The summed E-state index contributed by atoms with van der Waals surface area (Å²) in [6.07, 6.45) is 2.86. The predicted molar refractivity (Wildman–Crippen MR) is 98.2 cm³/mol. The summed E-state index contributed by atoms with van der Waals surface area (Å²) in [5.41, 5.74) is 9.32. The van der Waals surface area contributed by atoms with Crippen LogP contribution in [0.15, 0.2) is 24.3 Å². The highest BCUT2D eigenvalue weighted by Gasteiger charge is 2.20. The van der Waals surface area contributed by atoms with Crippen LogP contribution >= 0.6 is 0 Å². The zero-order valence-electron chi connectivity index (χ0n) is 14.7. The number of H-pyrrole nitrogens is 1. The average molecular weight is 342 g/mol. The third-order valence-corrected chi connectivity index (χ3v) is 4.86. The van der Waals surface area contributed by atoms with Crippen LogP contribution in [0.25, 0.3) is 10.9 Å². The number of aromatic nitrogens is 1. The predicted octanol–water partition coefficient (Wildman–Crippen LogP) is 1.47. The second-order valence-corrected chi connectivity index (χ2v) is 6.71. The van der Waals surface area contributed by atoms with Gasteiger partial charge in [-0.05, 0) is 37.8 Å². The number of carbonyl (C=O) groups is 2. The lowest BCUT2D eigenvalue weighted by Gasteiger charge is -2.16. The summed E-state index contributed by atoms with van der Waals surface area (Å²) in [4.78, 5) is 29.0. The van der Waals surface area contributed by atoms with Crippen molar-refractivity contribution < 1.29 is 9.59 Å². The maximum atomic E-state index is 12.3. The van der Waals surface area contributed by atoms with Crippen molar-refractivity contribution in [2.24, 2.45) is 5.73 Å². The van der Waals surface area contributed by atoms with Crippen LogP contribution in [-0.2, 0) is 16.0 Å². The number of nitrogens with one attached hydrogen (secondary N) is 2. The monoisotopic (exact) mass is 342 g/mol. The van der Waals surface area contributed by atoms with Crippen LogP contribution in [0.3, 0.4) is 0 Å². The second kappa shape index (κ2) is 7.70. The molecule has 2 amide bonds. The van der Waals surface area contributed by atoms with Crippen LogP contribution in [0.4, 0.5) is 0 Å². The van der Waals surface area contributed by atoms with Gasteiger partial charge in [-0.3, -0.25) is 9.59 Å². The highest BCUT2D eigenvalue weighted by Crippen LogP contribution is 2.22. The Labute approximate surface area is 147 Å². The number of aryl methyl sites for hydroxylation is 1. The lowest BCUT2D eigenvalue weighted by molar-refractivity contribution is -0.127. The van der Waals surface area contributed by atoms with Crippen molar-refractivity contribution in [2.45, 2.75) is 38.6 Å². The summed E-state index contributed by atoms with van der Waals surface area (Å²) in [6, 6.07) is 7.47. The summed E-state index contributed by atoms with van der Waals surface area (Å²) in [5, 5.41) is 4.01. The van der Waals surface area contributed by atoms with Gasteiger partial charge >= 0.3 is 0 Å². The van der Waals surface area contributed by atoms with Crippen molar-refractivity contribution in [3.05, 3.63) is 35.5 Å². The van der Waals surface area contributed by atoms with Gasteiger partial charge in [-0.25, -0.2) is 0 Å². The number of nitrogens with zero attached hydrogens (tertiary/aromatic N) is 1. The number of hydrogen-bond donors (Lipinski definition) is 3. The van der Waals surface area contributed by atoms with Gasteiger partial charge in [0.15, 0.2) is 0 Å². The maximum Gasteiger partial charge on any atom is 0.237 e. The minimum Gasteiger partial charge on any atom is -0.358 e. The Morgan fingerprint density at radius 3 is 2.96 bits per heavy atom. The van der Waals surface area contributed by atoms with E-state index in [2.05, 4.69) is 10.3 Å². The van der Waals surface area contributed by atoms with Gasteiger partial charge < -0.3 is 20.9 Å². The SMILES string of the molecule is Cc1[nH]c2ccccc2c1C[C@H](N)C(=O)NCCCN1CCCC1=O. The zero-order chi connectivity index (χ0) is 17.8. The van der Waals surface area contributed by atoms with E-state index in [0.717, 1.165) is 41.5 Å². The van der Waals surface area contributed by atoms with E-state index >= 15 is 0 Å². The largest absolute Gasteiger partial charge is 0.358 e. The van der Waals surface area contributed by atoms with Gasteiger partial charge in [0.05, 0.1) is 6.04 Å². The number of rotatable bonds is 7. The Morgan fingerprint density at radius 1 is 1.40 bits per heavy atom. The van der Waals surface area contributed by atoms with Crippen LogP contribution in [0.5, 0.6) is 0 Å². The molecule has 1 fully saturated rings. The van der Waals surface area contributed by atoms with Crippen molar-refractivity contribution >= 4 is 22.7 Å². The zero-order valence-corrected chi connectivity index (χ0v) is 14.7. The van der Waals surface area contributed by atoms with Gasteiger partial charge in [0.25, 0.3) is 0 Å². The number of para-hydroxylation sites is 1. The third-order valence-electron chi connectivity index (χ3n) is 4.86. The third kappa shape index (κ3) is 4.02. The topological polar surface area (TPSA) is 91.2 Å². The first kappa shape index (κ1) is 17.5. The van der Waals surface area contributed by atoms with Crippen molar-refractivity contribution in [2.75, 3.05) is 19.6 Å². The molecule has 1 aliphatic rings. The molecule has 1 atom stereocenters. The molecular weight excluding hydrogens is 316 g/mol. The van der Waals surface area contributed by atoms with E-state index in [4.69, 9.17) is 5.73 Å². The molecule has 1 aromatic carbocycles. The normalized spacial score (nSPS) is 15.8. The summed E-state index contributed by atoms with van der Waals surface area (Å²) in [6.45, 7) is 4.10. The summed E-state index contributed by atoms with van der Waals surface area (Å²) < 4.78 is 0. The van der Waals surface area contributed by atoms with Crippen LogP contribution in [0.1, 0.15) is 30.5 Å². The molecule has 0 bridgehead atoms. The fourth-order valence-electron chi connectivity index (χ4n) is 3.46. The lowest BCUT2D eigenvalue weighted by atomic mass is 10.0. The van der Waals surface area contributed by atoms with E-state index in [1.165, 1.54) is 0 Å². The standard InChI is InChI=1S/C19H26N4O2/c1-13-15(14-6-2-3-7-17(14)22-13)12-16(20)19(25)21-9-5-11-23-10-4-8-18(23)24/h2-3,6-7,16,22H,4-5,8-12,20H2,1H3,(H,21,25)/t16-/m0/s1. The van der Waals surface area contributed by atoms with E-state index in [-0.39, 0.29) is 11.8 Å². The highest BCUT2D eigenvalue weighted by atomic mass is 16.2. The first-order chi connectivity index (χ1) is 12.1. The van der Waals surface area contributed by atoms with E-state index in [1.807, 2.05) is 36.1 Å². The number of carbonyl (C=O) groups excluding carboxylic acids is 2. The summed E-state index contributed by atoms with van der Waals surface area (Å²) in [7, 11) is 0. The van der Waals surface area contributed by atoms with Crippen molar-refractivity contribution in [3.8, 4) is 0 Å². The van der Waals surface area contributed by atoms with Crippen LogP contribution < -0.4 is 11.1 Å². The Morgan fingerprint density at radius 2 is 2.20 bits per heavy atom. The first-order valence-electron chi connectivity index (χ1n) is 8.93. The van der Waals surface area contributed by atoms with Crippen molar-refractivity contribution in [1.82, 2.24) is 15.2 Å². The first-order valence-corrected chi connectivity index (χ1v) is 8.93. The Hall–Kier alpha value is -2.34. The Kier molecular flexibility index (Phi) is 5.38. The fourth-order valence-corrected chi connectivity index (χ4v) is 3.46. The number of amides is 2. The molecule has 1 aromatic heterocycles. The molecule has 2 aromatic rings. The van der Waals surface area contributed by atoms with Crippen LogP contribution in [0, 0.1) is 6.92 Å². The number of benzene rings is 1. The van der Waals surface area contributed by atoms with E-state index in [0.29, 0.717) is 25.9 Å². The minimum atomic E-state index is -0.577. The molecule has 6 nitrogen and oxygen atoms in total. The van der Waals surface area contributed by atoms with Crippen molar-refractivity contribution in [3.63, 3.8) is 0 Å². The molecule has 25 heavy (non-hydrogen) atoms. The van der Waals surface area contributed by atoms with Gasteiger partial charge in [0, 0.05) is 42.7 Å². The molecule has 0 spiro atoms. The average Bonchev–Trinajstić information content (AvgIpc) is 3.15. The van der Waals surface area contributed by atoms with Gasteiger partial charge in [0.2, 0.25) is 11.8 Å². The molecule has 2 heterocycles. The van der Waals surface area contributed by atoms with Gasteiger partial charge in [-0.2, -0.15) is 0 Å². The molecule has 0 saturated carbocycles. The molecular formula is C19H26N4O2. The summed E-state index contributed by atoms with van der Waals surface area (Å²) >= 11 is 0. The Bertz CT molecular complexity index is 768. The van der Waals surface area contributed by atoms with Gasteiger partial charge in [0.1, 0.15) is 0 Å². The van der Waals surface area contributed by atoms with E-state index in [9.17, 15) is 9.59 Å². The quantitative estimate of drug-likeness (QED) is 0.666. The molecule has 0 radical (unpaired) electrons. The molecule has 3 rings (SSSR count). The van der Waals surface area contributed by atoms with Gasteiger partial charge in [-0.1, -0.05) is 18.2 Å². The number of nitrogens with two attached hydrogens (primary N) is 1. The van der Waals surface area contributed by atoms with E-state index in [1.54, 1.807) is 0 Å². The number of hydrogen-bond acceptors (Lipinski definition) is 3. The molecule has 4 N–H and O–H groups in total. The molecule has 1 saturated heterocycles. The molecule has 6 heteroatoms. The van der Waals surface area contributed by atoms with Crippen LogP contribution in [-0.4, -0.2) is 47.4 Å². The lowest BCUT2D eigenvalue weighted by Crippen LogP contribution is -2.43. The number of aromatic amines is 1.